The number of piperidine rings is 1. The largest absolute Gasteiger partial charge is 0.417 e. The zero-order valence-corrected chi connectivity index (χ0v) is 15.2. The van der Waals surface area contributed by atoms with E-state index in [9.17, 15) is 17.6 Å². The number of pyridine rings is 1. The van der Waals surface area contributed by atoms with E-state index in [2.05, 4.69) is 33.9 Å². The van der Waals surface area contributed by atoms with Crippen LogP contribution in [0.25, 0.3) is 0 Å². The molecule has 1 aliphatic heterocycles. The van der Waals surface area contributed by atoms with Gasteiger partial charge in [0, 0.05) is 31.5 Å². The number of allylic oxidation sites excluding steroid dienone is 1. The van der Waals surface area contributed by atoms with Crippen molar-refractivity contribution in [3.63, 3.8) is 0 Å². The molecule has 5 nitrogen and oxygen atoms in total. The lowest BCUT2D eigenvalue weighted by molar-refractivity contribution is -0.138. The predicted molar refractivity (Wildman–Crippen MR) is 101 cm³/mol. The Morgan fingerprint density at radius 1 is 1.37 bits per heavy atom. The highest BCUT2D eigenvalue weighted by Gasteiger charge is 2.32. The maximum atomic E-state index is 14.0. The van der Waals surface area contributed by atoms with Crippen molar-refractivity contribution in [1.82, 2.24) is 15.6 Å². The van der Waals surface area contributed by atoms with E-state index in [4.69, 9.17) is 12.2 Å². The lowest BCUT2D eigenvalue weighted by atomic mass is 10.1. The van der Waals surface area contributed by atoms with Gasteiger partial charge in [0.2, 0.25) is 0 Å². The molecule has 0 radical (unpaired) electrons. The number of nitrogens with zero attached hydrogens (tertiary/aromatic N) is 3. The minimum Gasteiger partial charge on any atom is -0.360 e. The molecule has 1 aromatic rings. The normalized spacial score (nSPS) is 16.0. The Balaban J connectivity index is 1.92. The third-order valence-electron chi connectivity index (χ3n) is 3.99. The van der Waals surface area contributed by atoms with Gasteiger partial charge < -0.3 is 15.5 Å². The van der Waals surface area contributed by atoms with Gasteiger partial charge in [0.15, 0.2) is 16.7 Å². The van der Waals surface area contributed by atoms with E-state index in [1.165, 1.54) is 6.20 Å². The summed E-state index contributed by atoms with van der Waals surface area (Å²) in [6, 6.07) is 0.518. The molecule has 2 rings (SSSR count). The Morgan fingerprint density at radius 2 is 2.04 bits per heavy atom. The molecule has 10 heteroatoms. The van der Waals surface area contributed by atoms with Crippen LogP contribution in [0.2, 0.25) is 0 Å². The molecule has 0 amide bonds. The summed E-state index contributed by atoms with van der Waals surface area (Å²) < 4.78 is 51.9. The predicted octanol–water partition coefficient (Wildman–Crippen LogP) is 3.40. The molecular weight excluding hydrogens is 382 g/mol. The number of thiocarbonyl (C=S) groups is 1. The molecule has 1 saturated heterocycles. The highest BCUT2D eigenvalue weighted by Crippen LogP contribution is 2.31. The van der Waals surface area contributed by atoms with E-state index in [1.807, 2.05) is 0 Å². The monoisotopic (exact) mass is 401 g/mol. The smallest absolute Gasteiger partial charge is 0.360 e. The molecule has 0 atom stereocenters. The number of aromatic nitrogens is 1. The van der Waals surface area contributed by atoms with E-state index in [0.717, 1.165) is 0 Å². The Kier molecular flexibility index (Phi) is 6.89. The van der Waals surface area contributed by atoms with Crippen LogP contribution in [0.3, 0.4) is 0 Å². The van der Waals surface area contributed by atoms with E-state index in [1.54, 1.807) is 11.0 Å². The molecule has 1 aliphatic rings. The van der Waals surface area contributed by atoms with Crippen molar-refractivity contribution in [3.05, 3.63) is 48.2 Å². The molecule has 0 aromatic carbocycles. The standard InChI is InChI=1S/C17H19F4N5S/c1-3-12(10-22-2)24-16(27)25-13-4-6-26(7-5-13)15-14(18)8-11(9-23-15)17(19,20)21/h3,8-10,13H,1-2,4-7H2,(H2,24,25,27)/b12-10+. The van der Waals surface area contributed by atoms with E-state index in [-0.39, 0.29) is 11.9 Å². The average molecular weight is 401 g/mol. The summed E-state index contributed by atoms with van der Waals surface area (Å²) in [7, 11) is 0. The van der Waals surface area contributed by atoms with Gasteiger partial charge in [0.05, 0.1) is 11.3 Å². The number of hydrogen-bond donors (Lipinski definition) is 2. The molecule has 146 valence electrons. The van der Waals surface area contributed by atoms with Gasteiger partial charge >= 0.3 is 6.18 Å². The van der Waals surface area contributed by atoms with Crippen LogP contribution in [0.4, 0.5) is 23.4 Å². The third kappa shape index (κ3) is 5.75. The molecule has 0 spiro atoms. The third-order valence-corrected chi connectivity index (χ3v) is 4.21. The number of hydrogen-bond acceptors (Lipinski definition) is 4. The van der Waals surface area contributed by atoms with Crippen LogP contribution in [0.1, 0.15) is 18.4 Å². The van der Waals surface area contributed by atoms with Crippen molar-refractivity contribution in [3.8, 4) is 0 Å². The van der Waals surface area contributed by atoms with Gasteiger partial charge in [-0.25, -0.2) is 9.37 Å². The Bertz CT molecular complexity index is 739. The van der Waals surface area contributed by atoms with Crippen molar-refractivity contribution >= 4 is 29.9 Å². The second kappa shape index (κ2) is 8.94. The SMILES string of the molecule is C=C/C(=C\N=C)NC(=S)NC1CCN(c2ncc(C(F)(F)F)cc2F)CC1. The van der Waals surface area contributed by atoms with Gasteiger partial charge in [-0.3, -0.25) is 4.99 Å². The summed E-state index contributed by atoms with van der Waals surface area (Å²) in [6.07, 6.45) is 0.297. The fourth-order valence-corrected chi connectivity index (χ4v) is 2.93. The first-order valence-electron chi connectivity index (χ1n) is 8.08. The highest BCUT2D eigenvalue weighted by molar-refractivity contribution is 7.80. The maximum Gasteiger partial charge on any atom is 0.417 e. The Morgan fingerprint density at radius 3 is 2.56 bits per heavy atom. The summed E-state index contributed by atoms with van der Waals surface area (Å²) in [5, 5.41) is 6.45. The number of halogens is 4. The molecule has 0 unspecified atom stereocenters. The number of rotatable bonds is 5. The van der Waals surface area contributed by atoms with Crippen molar-refractivity contribution in [2.75, 3.05) is 18.0 Å². The fourth-order valence-electron chi connectivity index (χ4n) is 2.64. The lowest BCUT2D eigenvalue weighted by Crippen LogP contribution is -2.47. The van der Waals surface area contributed by atoms with Gasteiger partial charge in [-0.1, -0.05) is 6.58 Å². The Hall–Kier alpha value is -2.49. The topological polar surface area (TPSA) is 52.6 Å². The van der Waals surface area contributed by atoms with Gasteiger partial charge in [-0.15, -0.1) is 0 Å². The molecule has 1 aromatic heterocycles. The molecule has 0 saturated carbocycles. The van der Waals surface area contributed by atoms with Gasteiger partial charge in [0.25, 0.3) is 0 Å². The first kappa shape index (κ1) is 20.8. The molecule has 2 heterocycles. The van der Waals surface area contributed by atoms with E-state index in [0.29, 0.717) is 49.0 Å². The van der Waals surface area contributed by atoms with Crippen molar-refractivity contribution < 1.29 is 17.6 Å². The number of nitrogens with one attached hydrogen (secondary N) is 2. The van der Waals surface area contributed by atoms with Crippen LogP contribution in [0, 0.1) is 5.82 Å². The lowest BCUT2D eigenvalue weighted by Gasteiger charge is -2.34. The Labute approximate surface area is 159 Å². The molecule has 0 bridgehead atoms. The average Bonchev–Trinajstić information content (AvgIpc) is 2.61. The highest BCUT2D eigenvalue weighted by atomic mass is 32.1. The molecule has 0 aliphatic carbocycles. The van der Waals surface area contributed by atoms with Crippen LogP contribution >= 0.6 is 12.2 Å². The first-order chi connectivity index (χ1) is 12.7. The fraction of sp³-hybridized carbons (Fsp3) is 0.353. The van der Waals surface area contributed by atoms with Gasteiger partial charge in [-0.2, -0.15) is 13.2 Å². The number of aliphatic imine (C=N–C) groups is 1. The molecule has 2 N–H and O–H groups in total. The van der Waals surface area contributed by atoms with Crippen molar-refractivity contribution in [2.24, 2.45) is 4.99 Å². The molecule has 27 heavy (non-hydrogen) atoms. The zero-order valence-electron chi connectivity index (χ0n) is 14.4. The maximum absolute atomic E-state index is 14.0. The van der Waals surface area contributed by atoms with Crippen LogP contribution in [-0.4, -0.2) is 35.9 Å². The molecular formula is C17H19F4N5S. The summed E-state index contributed by atoms with van der Waals surface area (Å²) in [5.41, 5.74) is -0.507. The van der Waals surface area contributed by atoms with Crippen LogP contribution in [0.15, 0.2) is 41.8 Å². The van der Waals surface area contributed by atoms with Crippen molar-refractivity contribution in [2.45, 2.75) is 25.1 Å². The first-order valence-corrected chi connectivity index (χ1v) is 8.49. The van der Waals surface area contributed by atoms with Crippen LogP contribution < -0.4 is 15.5 Å². The summed E-state index contributed by atoms with van der Waals surface area (Å²) in [4.78, 5) is 8.92. The quantitative estimate of drug-likeness (QED) is 0.343. The van der Waals surface area contributed by atoms with Gasteiger partial charge in [0.1, 0.15) is 0 Å². The summed E-state index contributed by atoms with van der Waals surface area (Å²) in [6.45, 7) is 7.86. The zero-order chi connectivity index (χ0) is 20.0. The minimum atomic E-state index is -4.62. The minimum absolute atomic E-state index is 0.0431. The second-order valence-electron chi connectivity index (χ2n) is 5.86. The second-order valence-corrected chi connectivity index (χ2v) is 6.27. The van der Waals surface area contributed by atoms with E-state index < -0.39 is 17.6 Å². The number of anilines is 1. The van der Waals surface area contributed by atoms with Gasteiger partial charge in [-0.05, 0) is 43.9 Å². The molecule has 1 fully saturated rings. The summed E-state index contributed by atoms with van der Waals surface area (Å²) in [5.74, 6) is -1.05. The van der Waals surface area contributed by atoms with Crippen LogP contribution in [0.5, 0.6) is 0 Å². The van der Waals surface area contributed by atoms with Crippen LogP contribution in [-0.2, 0) is 6.18 Å². The number of alkyl halides is 3. The summed E-state index contributed by atoms with van der Waals surface area (Å²) >= 11 is 5.22. The van der Waals surface area contributed by atoms with Crippen molar-refractivity contribution in [1.29, 1.82) is 0 Å². The van der Waals surface area contributed by atoms with E-state index >= 15 is 0 Å².